The molecule has 1 aliphatic heterocycles. The van der Waals surface area contributed by atoms with Crippen LogP contribution in [0.5, 0.6) is 5.75 Å². The van der Waals surface area contributed by atoms with Crippen molar-refractivity contribution in [3.05, 3.63) is 40.2 Å². The molecule has 1 saturated heterocycles. The minimum absolute atomic E-state index is 0.147. The number of aromatic nitrogens is 4. The molecule has 1 amide bonds. The van der Waals surface area contributed by atoms with Crippen molar-refractivity contribution in [1.82, 2.24) is 25.1 Å². The summed E-state index contributed by atoms with van der Waals surface area (Å²) in [5, 5.41) is 15.1. The molecule has 2 atom stereocenters. The summed E-state index contributed by atoms with van der Waals surface area (Å²) in [7, 11) is 0. The smallest absolute Gasteiger partial charge is 0.434 e. The molecule has 17 heteroatoms. The fraction of sp³-hybridized carbons (Fsp3) is 0.550. The highest BCUT2D eigenvalue weighted by Crippen LogP contribution is 2.33. The van der Waals surface area contributed by atoms with Crippen molar-refractivity contribution in [2.45, 2.75) is 31.5 Å². The van der Waals surface area contributed by atoms with Gasteiger partial charge in [0.05, 0.1) is 31.8 Å². The molecule has 204 valence electrons. The summed E-state index contributed by atoms with van der Waals surface area (Å²) in [5.74, 6) is -1.24. The molecule has 0 radical (unpaired) electrons. The Morgan fingerprint density at radius 2 is 1.73 bits per heavy atom. The van der Waals surface area contributed by atoms with Crippen molar-refractivity contribution < 1.29 is 45.7 Å². The third kappa shape index (κ3) is 7.28. The van der Waals surface area contributed by atoms with Gasteiger partial charge in [0, 0.05) is 26.2 Å². The van der Waals surface area contributed by atoms with E-state index < -0.39 is 59.6 Å². The Balaban J connectivity index is 1.44. The highest BCUT2D eigenvalue weighted by atomic mass is 19.4. The van der Waals surface area contributed by atoms with Crippen molar-refractivity contribution in [3.63, 3.8) is 0 Å². The van der Waals surface area contributed by atoms with Gasteiger partial charge in [-0.05, 0) is 6.92 Å². The molecule has 2 aromatic heterocycles. The van der Waals surface area contributed by atoms with Crippen molar-refractivity contribution in [2.75, 3.05) is 44.3 Å². The van der Waals surface area contributed by atoms with Gasteiger partial charge >= 0.3 is 12.4 Å². The first-order chi connectivity index (χ1) is 17.3. The van der Waals surface area contributed by atoms with Crippen LogP contribution in [0, 0.1) is 0 Å². The SMILES string of the molecule is CC(COCC(O)C(=O)N1CCN(c2cnc(C(F)(F)F)cn2)CC1)Oc1cn[nH]c(=O)c1C(F)(F)F. The Morgan fingerprint density at radius 1 is 1.05 bits per heavy atom. The van der Waals surface area contributed by atoms with Crippen LogP contribution < -0.4 is 15.2 Å². The number of anilines is 1. The van der Waals surface area contributed by atoms with Crippen LogP contribution in [0.4, 0.5) is 32.2 Å². The van der Waals surface area contributed by atoms with Crippen molar-refractivity contribution >= 4 is 11.7 Å². The molecular formula is C20H22F6N6O5. The number of nitrogens with zero attached hydrogens (tertiary/aromatic N) is 5. The maximum absolute atomic E-state index is 13.1. The van der Waals surface area contributed by atoms with E-state index in [-0.39, 0.29) is 38.6 Å². The average Bonchev–Trinajstić information content (AvgIpc) is 2.82. The number of hydrogen-bond acceptors (Lipinski definition) is 9. The summed E-state index contributed by atoms with van der Waals surface area (Å²) in [6.45, 7) is 1.33. The number of aromatic amines is 1. The lowest BCUT2D eigenvalue weighted by molar-refractivity contribution is -0.145. The maximum Gasteiger partial charge on any atom is 0.434 e. The fourth-order valence-electron chi connectivity index (χ4n) is 3.40. The second-order valence-electron chi connectivity index (χ2n) is 7.99. The highest BCUT2D eigenvalue weighted by Gasteiger charge is 2.39. The number of amides is 1. The first-order valence-electron chi connectivity index (χ1n) is 10.8. The Labute approximate surface area is 205 Å². The molecule has 3 rings (SSSR count). The molecular weight excluding hydrogens is 518 g/mol. The van der Waals surface area contributed by atoms with E-state index in [2.05, 4.69) is 15.1 Å². The monoisotopic (exact) mass is 540 g/mol. The summed E-state index contributed by atoms with van der Waals surface area (Å²) in [6.07, 6.45) is -9.83. The van der Waals surface area contributed by atoms with E-state index in [1.54, 1.807) is 10.00 Å². The number of aliphatic hydroxyl groups excluding tert-OH is 1. The topological polar surface area (TPSA) is 134 Å². The zero-order valence-electron chi connectivity index (χ0n) is 19.2. The summed E-state index contributed by atoms with van der Waals surface area (Å²) in [5.41, 5.74) is -4.14. The van der Waals surface area contributed by atoms with E-state index >= 15 is 0 Å². The molecule has 0 spiro atoms. The van der Waals surface area contributed by atoms with Crippen LogP contribution in [0.1, 0.15) is 18.2 Å². The number of piperazine rings is 1. The van der Waals surface area contributed by atoms with Crippen LogP contribution in [-0.4, -0.2) is 87.7 Å². The molecule has 2 aromatic rings. The average molecular weight is 540 g/mol. The number of H-pyrrole nitrogens is 1. The molecule has 1 aliphatic rings. The number of halogens is 6. The summed E-state index contributed by atoms with van der Waals surface area (Å²) in [6, 6.07) is 0. The second kappa shape index (κ2) is 11.3. The van der Waals surface area contributed by atoms with E-state index in [0.29, 0.717) is 12.4 Å². The molecule has 0 bridgehead atoms. The first kappa shape index (κ1) is 28.1. The largest absolute Gasteiger partial charge is 0.486 e. The predicted octanol–water partition coefficient (Wildman–Crippen LogP) is 1.09. The Kier molecular flexibility index (Phi) is 8.57. The number of carbonyl (C=O) groups excluding carboxylic acids is 1. The fourth-order valence-corrected chi connectivity index (χ4v) is 3.40. The normalized spacial score (nSPS) is 16.4. The van der Waals surface area contributed by atoms with E-state index in [0.717, 1.165) is 6.20 Å². The second-order valence-corrected chi connectivity index (χ2v) is 7.99. The first-order valence-corrected chi connectivity index (χ1v) is 10.8. The number of carbonyl (C=O) groups is 1. The van der Waals surface area contributed by atoms with E-state index in [1.807, 2.05) is 0 Å². The molecule has 0 aromatic carbocycles. The Morgan fingerprint density at radius 3 is 2.30 bits per heavy atom. The van der Waals surface area contributed by atoms with Crippen molar-refractivity contribution in [1.29, 1.82) is 0 Å². The van der Waals surface area contributed by atoms with Crippen LogP contribution in [0.2, 0.25) is 0 Å². The van der Waals surface area contributed by atoms with Gasteiger partial charge in [-0.25, -0.2) is 15.1 Å². The lowest BCUT2D eigenvalue weighted by Gasteiger charge is -2.36. The Bertz CT molecular complexity index is 1120. The van der Waals surface area contributed by atoms with Gasteiger partial charge in [0.2, 0.25) is 0 Å². The lowest BCUT2D eigenvalue weighted by atomic mass is 10.2. The van der Waals surface area contributed by atoms with E-state index in [4.69, 9.17) is 9.47 Å². The van der Waals surface area contributed by atoms with Crippen LogP contribution in [0.3, 0.4) is 0 Å². The highest BCUT2D eigenvalue weighted by molar-refractivity contribution is 5.81. The van der Waals surface area contributed by atoms with Crippen molar-refractivity contribution in [3.8, 4) is 5.75 Å². The van der Waals surface area contributed by atoms with Gasteiger partial charge in [-0.2, -0.15) is 31.4 Å². The summed E-state index contributed by atoms with van der Waals surface area (Å²) in [4.78, 5) is 34.0. The van der Waals surface area contributed by atoms with Gasteiger partial charge in [-0.15, -0.1) is 0 Å². The van der Waals surface area contributed by atoms with Gasteiger partial charge in [0.1, 0.15) is 11.9 Å². The summed E-state index contributed by atoms with van der Waals surface area (Å²) >= 11 is 0. The lowest BCUT2D eigenvalue weighted by Crippen LogP contribution is -2.52. The standard InChI is InChI=1S/C20H22F6N6O5/c1-11(37-13-6-29-30-17(34)16(13)20(24,25)26)9-36-10-12(33)18(35)32-4-2-31(3-5-32)15-8-27-14(7-28-15)19(21,22)23/h6-8,11-12,33H,2-5,9-10H2,1H3,(H,30,34). The Hall–Kier alpha value is -3.47. The minimum atomic E-state index is -4.97. The van der Waals surface area contributed by atoms with Crippen LogP contribution in [0.25, 0.3) is 0 Å². The van der Waals surface area contributed by atoms with Crippen LogP contribution >= 0.6 is 0 Å². The van der Waals surface area contributed by atoms with Gasteiger partial charge in [-0.1, -0.05) is 0 Å². The minimum Gasteiger partial charge on any atom is -0.486 e. The molecule has 1 fully saturated rings. The number of nitrogens with one attached hydrogen (secondary N) is 1. The van der Waals surface area contributed by atoms with E-state index in [1.165, 1.54) is 11.8 Å². The quantitative estimate of drug-likeness (QED) is 0.472. The number of aliphatic hydroxyl groups is 1. The van der Waals surface area contributed by atoms with Gasteiger partial charge in [0.15, 0.2) is 23.1 Å². The molecule has 2 unspecified atom stereocenters. The van der Waals surface area contributed by atoms with Gasteiger partial charge < -0.3 is 24.4 Å². The number of hydrogen-bond donors (Lipinski definition) is 2. The molecule has 3 heterocycles. The maximum atomic E-state index is 13.1. The molecule has 11 nitrogen and oxygen atoms in total. The van der Waals surface area contributed by atoms with Gasteiger partial charge in [-0.3, -0.25) is 9.59 Å². The molecule has 37 heavy (non-hydrogen) atoms. The molecule has 0 aliphatic carbocycles. The number of alkyl halides is 6. The van der Waals surface area contributed by atoms with Crippen LogP contribution in [0.15, 0.2) is 23.4 Å². The summed E-state index contributed by atoms with van der Waals surface area (Å²) < 4.78 is 87.4. The molecule has 2 N–H and O–H groups in total. The zero-order valence-corrected chi connectivity index (χ0v) is 19.2. The number of rotatable bonds is 8. The third-order valence-corrected chi connectivity index (χ3v) is 5.19. The third-order valence-electron chi connectivity index (χ3n) is 5.19. The zero-order chi connectivity index (χ0) is 27.4. The van der Waals surface area contributed by atoms with Crippen LogP contribution in [-0.2, 0) is 21.9 Å². The number of ether oxygens (including phenoxy) is 2. The van der Waals surface area contributed by atoms with Gasteiger partial charge in [0.25, 0.3) is 11.5 Å². The predicted molar refractivity (Wildman–Crippen MR) is 113 cm³/mol. The van der Waals surface area contributed by atoms with E-state index in [9.17, 15) is 41.0 Å². The molecule has 0 saturated carbocycles. The van der Waals surface area contributed by atoms with Crippen molar-refractivity contribution in [2.24, 2.45) is 0 Å².